The highest BCUT2D eigenvalue weighted by atomic mass is 79.9. The molecule has 1 atom stereocenters. The van der Waals surface area contributed by atoms with E-state index in [2.05, 4.69) is 33.5 Å². The summed E-state index contributed by atoms with van der Waals surface area (Å²) >= 11 is 3.29. The Hall–Kier alpha value is -0.840. The van der Waals surface area contributed by atoms with Crippen molar-refractivity contribution in [3.05, 3.63) is 46.6 Å². The first kappa shape index (κ1) is 11.6. The molecule has 1 aromatic rings. The number of hydroxylamine groups is 1. The summed E-state index contributed by atoms with van der Waals surface area (Å²) in [5.41, 5.74) is 4.02. The van der Waals surface area contributed by atoms with Crippen LogP contribution in [0.15, 0.2) is 41.0 Å². The Labute approximate surface area is 104 Å². The van der Waals surface area contributed by atoms with Gasteiger partial charge in [-0.05, 0) is 34.0 Å². The summed E-state index contributed by atoms with van der Waals surface area (Å²) in [6.07, 6.45) is 2.89. The van der Waals surface area contributed by atoms with Gasteiger partial charge in [0.1, 0.15) is 10.7 Å². The third kappa shape index (κ3) is 3.63. The minimum atomic E-state index is 0.00477. The van der Waals surface area contributed by atoms with E-state index in [0.717, 1.165) is 17.6 Å². The standard InChI is InChI=1S/C12H14BrNO2/c13-12-8-11(16-14-12)9-15-7-6-10-4-2-1-3-5-10/h1-5,8,11,14H,6-7,9H2. The van der Waals surface area contributed by atoms with Gasteiger partial charge in [0.2, 0.25) is 0 Å². The van der Waals surface area contributed by atoms with E-state index in [1.165, 1.54) is 5.56 Å². The van der Waals surface area contributed by atoms with Crippen LogP contribution in [0, 0.1) is 0 Å². The second kappa shape index (κ2) is 6.03. The zero-order valence-corrected chi connectivity index (χ0v) is 10.4. The molecule has 0 radical (unpaired) electrons. The molecule has 0 amide bonds. The van der Waals surface area contributed by atoms with Crippen LogP contribution in [0.4, 0.5) is 0 Å². The van der Waals surface area contributed by atoms with Crippen LogP contribution in [0.3, 0.4) is 0 Å². The van der Waals surface area contributed by atoms with Gasteiger partial charge in [-0.25, -0.2) is 0 Å². The van der Waals surface area contributed by atoms with Gasteiger partial charge >= 0.3 is 0 Å². The van der Waals surface area contributed by atoms with Crippen molar-refractivity contribution in [3.63, 3.8) is 0 Å². The van der Waals surface area contributed by atoms with E-state index in [-0.39, 0.29) is 6.10 Å². The lowest BCUT2D eigenvalue weighted by atomic mass is 10.2. The van der Waals surface area contributed by atoms with Gasteiger partial charge in [-0.3, -0.25) is 10.3 Å². The van der Waals surface area contributed by atoms with Crippen LogP contribution in [0.2, 0.25) is 0 Å². The average molecular weight is 284 g/mol. The summed E-state index contributed by atoms with van der Waals surface area (Å²) in [6, 6.07) is 10.3. The van der Waals surface area contributed by atoms with Crippen LogP contribution in [0.25, 0.3) is 0 Å². The van der Waals surface area contributed by atoms with Crippen molar-refractivity contribution in [2.75, 3.05) is 13.2 Å². The minimum absolute atomic E-state index is 0.00477. The summed E-state index contributed by atoms with van der Waals surface area (Å²) in [5, 5.41) is 0. The smallest absolute Gasteiger partial charge is 0.130 e. The molecule has 1 aliphatic heterocycles. The van der Waals surface area contributed by atoms with E-state index in [1.807, 2.05) is 24.3 Å². The molecule has 86 valence electrons. The zero-order chi connectivity index (χ0) is 11.2. The lowest BCUT2D eigenvalue weighted by Gasteiger charge is -2.08. The monoisotopic (exact) mass is 283 g/mol. The molecule has 0 aliphatic carbocycles. The number of hydrogen-bond donors (Lipinski definition) is 1. The second-order valence-corrected chi connectivity index (χ2v) is 4.44. The fourth-order valence-electron chi connectivity index (χ4n) is 1.48. The molecule has 0 fully saturated rings. The third-order valence-corrected chi connectivity index (χ3v) is 2.73. The highest BCUT2D eigenvalue weighted by Gasteiger charge is 2.14. The lowest BCUT2D eigenvalue weighted by Crippen LogP contribution is -2.18. The summed E-state index contributed by atoms with van der Waals surface area (Å²) in [6.45, 7) is 1.30. The molecule has 1 heterocycles. The van der Waals surface area contributed by atoms with E-state index < -0.39 is 0 Å². The van der Waals surface area contributed by atoms with Gasteiger partial charge in [0.05, 0.1) is 13.2 Å². The molecule has 0 bridgehead atoms. The van der Waals surface area contributed by atoms with Crippen LogP contribution in [0.1, 0.15) is 5.56 Å². The van der Waals surface area contributed by atoms with Crippen molar-refractivity contribution in [3.8, 4) is 0 Å². The number of ether oxygens (including phenoxy) is 1. The highest BCUT2D eigenvalue weighted by molar-refractivity contribution is 9.11. The molecule has 16 heavy (non-hydrogen) atoms. The number of halogens is 1. The first-order valence-electron chi connectivity index (χ1n) is 5.25. The quantitative estimate of drug-likeness (QED) is 0.665. The van der Waals surface area contributed by atoms with E-state index in [0.29, 0.717) is 6.61 Å². The van der Waals surface area contributed by atoms with Crippen LogP contribution in [0.5, 0.6) is 0 Å². The number of benzene rings is 1. The molecule has 0 spiro atoms. The van der Waals surface area contributed by atoms with Crippen molar-refractivity contribution in [1.29, 1.82) is 0 Å². The van der Waals surface area contributed by atoms with Crippen molar-refractivity contribution in [2.24, 2.45) is 0 Å². The summed E-state index contributed by atoms with van der Waals surface area (Å²) in [4.78, 5) is 5.20. The molecule has 3 nitrogen and oxygen atoms in total. The molecule has 1 N–H and O–H groups in total. The van der Waals surface area contributed by atoms with Gasteiger partial charge in [-0.2, -0.15) is 0 Å². The molecule has 1 aliphatic rings. The second-order valence-electron chi connectivity index (χ2n) is 3.58. The van der Waals surface area contributed by atoms with Crippen molar-refractivity contribution < 1.29 is 9.57 Å². The van der Waals surface area contributed by atoms with Gasteiger partial charge in [0, 0.05) is 0 Å². The number of hydrogen-bond acceptors (Lipinski definition) is 3. The van der Waals surface area contributed by atoms with Crippen LogP contribution in [-0.2, 0) is 16.0 Å². The Kier molecular flexibility index (Phi) is 4.39. The normalized spacial score (nSPS) is 19.3. The lowest BCUT2D eigenvalue weighted by molar-refractivity contribution is -0.0123. The molecular formula is C12H14BrNO2. The molecule has 4 heteroatoms. The first-order valence-corrected chi connectivity index (χ1v) is 6.04. The summed E-state index contributed by atoms with van der Waals surface area (Å²) in [7, 11) is 0. The van der Waals surface area contributed by atoms with E-state index in [9.17, 15) is 0 Å². The summed E-state index contributed by atoms with van der Waals surface area (Å²) < 4.78 is 6.40. The van der Waals surface area contributed by atoms with Gasteiger partial charge in [0.25, 0.3) is 0 Å². The third-order valence-electron chi connectivity index (χ3n) is 2.30. The van der Waals surface area contributed by atoms with Crippen molar-refractivity contribution in [2.45, 2.75) is 12.5 Å². The molecule has 0 saturated heterocycles. The number of nitrogens with one attached hydrogen (secondary N) is 1. The molecule has 0 aromatic heterocycles. The zero-order valence-electron chi connectivity index (χ0n) is 8.86. The minimum Gasteiger partial charge on any atom is -0.378 e. The Balaban J connectivity index is 1.62. The van der Waals surface area contributed by atoms with E-state index >= 15 is 0 Å². The molecule has 2 rings (SSSR count). The molecule has 1 aromatic carbocycles. The van der Waals surface area contributed by atoms with Gasteiger partial charge in [-0.15, -0.1) is 0 Å². The largest absolute Gasteiger partial charge is 0.378 e. The Morgan fingerprint density at radius 3 is 2.81 bits per heavy atom. The topological polar surface area (TPSA) is 30.5 Å². The Morgan fingerprint density at radius 1 is 1.31 bits per heavy atom. The predicted molar refractivity (Wildman–Crippen MR) is 66.0 cm³/mol. The fraction of sp³-hybridized carbons (Fsp3) is 0.333. The SMILES string of the molecule is BrC1=CC(COCCc2ccccc2)ON1. The maximum absolute atomic E-state index is 5.54. The molecular weight excluding hydrogens is 270 g/mol. The van der Waals surface area contributed by atoms with Gasteiger partial charge in [-0.1, -0.05) is 30.3 Å². The summed E-state index contributed by atoms with van der Waals surface area (Å²) in [5.74, 6) is 0. The Morgan fingerprint density at radius 2 is 2.12 bits per heavy atom. The average Bonchev–Trinajstić information content (AvgIpc) is 2.72. The predicted octanol–water partition coefficient (Wildman–Crippen LogP) is 2.39. The maximum atomic E-state index is 5.54. The van der Waals surface area contributed by atoms with E-state index in [1.54, 1.807) is 0 Å². The van der Waals surface area contributed by atoms with Gasteiger partial charge in [0.15, 0.2) is 0 Å². The van der Waals surface area contributed by atoms with Crippen LogP contribution >= 0.6 is 15.9 Å². The van der Waals surface area contributed by atoms with E-state index in [4.69, 9.17) is 9.57 Å². The maximum Gasteiger partial charge on any atom is 0.130 e. The first-order chi connectivity index (χ1) is 7.84. The highest BCUT2D eigenvalue weighted by Crippen LogP contribution is 2.12. The molecule has 0 saturated carbocycles. The molecule has 1 unspecified atom stereocenters. The van der Waals surface area contributed by atoms with Crippen molar-refractivity contribution >= 4 is 15.9 Å². The fourth-order valence-corrected chi connectivity index (χ4v) is 1.87. The van der Waals surface area contributed by atoms with Crippen LogP contribution < -0.4 is 5.48 Å². The van der Waals surface area contributed by atoms with Crippen LogP contribution in [-0.4, -0.2) is 19.3 Å². The Bertz CT molecular complexity index is 353. The van der Waals surface area contributed by atoms with Crippen molar-refractivity contribution in [1.82, 2.24) is 5.48 Å². The number of rotatable bonds is 5. The van der Waals surface area contributed by atoms with Gasteiger partial charge < -0.3 is 4.74 Å².